The third-order valence-electron chi connectivity index (χ3n) is 16.8. The number of nitrogens with one attached hydrogen (secondary N) is 10. The summed E-state index contributed by atoms with van der Waals surface area (Å²) >= 11 is 5.26. The van der Waals surface area contributed by atoms with Crippen LogP contribution in [0, 0.1) is 11.8 Å². The second-order valence-corrected chi connectivity index (χ2v) is 28.2. The van der Waals surface area contributed by atoms with Gasteiger partial charge in [0.1, 0.15) is 67.0 Å². The minimum atomic E-state index is -1.91. The fourth-order valence-electron chi connectivity index (χ4n) is 10.7. The Morgan fingerprint density at radius 3 is 1.64 bits per heavy atom. The Hall–Kier alpha value is -8.18. The van der Waals surface area contributed by atoms with Crippen LogP contribution >= 0.6 is 24.4 Å². The molecular weight excluding hydrogens is 1430 g/mol. The van der Waals surface area contributed by atoms with E-state index in [1.165, 1.54) is 0 Å². The van der Waals surface area contributed by atoms with Gasteiger partial charge in [0.2, 0.25) is 65.0 Å². The number of aliphatic carboxylic acids is 3. The molecule has 1 heterocycles. The number of guanidine groups is 1. The van der Waals surface area contributed by atoms with E-state index in [-0.39, 0.29) is 101 Å². The summed E-state index contributed by atoms with van der Waals surface area (Å²) in [7, 11) is 0. The first-order valence-corrected chi connectivity index (χ1v) is 37.6. The fraction of sp³-hybridized carbons (Fsp3) is 0.758. The molecule has 1 fully saturated rings. The lowest BCUT2D eigenvalue weighted by Crippen LogP contribution is -2.62. The quantitative estimate of drug-likeness (QED) is 0.00898. The highest BCUT2D eigenvalue weighted by Gasteiger charge is 2.42. The van der Waals surface area contributed by atoms with Crippen LogP contribution in [0.25, 0.3) is 0 Å². The van der Waals surface area contributed by atoms with Crippen molar-refractivity contribution in [3.8, 4) is 0 Å². The summed E-state index contributed by atoms with van der Waals surface area (Å²) in [6.07, 6.45) is 1.60. The highest BCUT2D eigenvalue weighted by Crippen LogP contribution is 2.21. The predicted molar refractivity (Wildman–Crippen MR) is 391 cm³/mol. The van der Waals surface area contributed by atoms with E-state index in [2.05, 4.69) is 77.7 Å². The van der Waals surface area contributed by atoms with E-state index in [0.29, 0.717) is 12.8 Å². The number of carboxylic acids is 3. The maximum Gasteiger partial charge on any atom is 0.328 e. The molecule has 40 heteroatoms. The molecule has 1 saturated heterocycles. The van der Waals surface area contributed by atoms with Crippen LogP contribution in [0.15, 0.2) is 4.99 Å². The number of unbranched alkanes of at least 4 members (excludes halogenated alkanes) is 7. The lowest BCUT2D eigenvalue weighted by Gasteiger charge is -2.31. The number of thioether (sulfide) groups is 1. The fourth-order valence-corrected chi connectivity index (χ4v) is 11.8. The Balaban J connectivity index is 3.63. The van der Waals surface area contributed by atoms with E-state index in [4.69, 9.17) is 27.7 Å². The van der Waals surface area contributed by atoms with Crippen molar-refractivity contribution in [2.45, 2.75) is 255 Å². The van der Waals surface area contributed by atoms with E-state index in [1.54, 1.807) is 27.7 Å². The van der Waals surface area contributed by atoms with Crippen molar-refractivity contribution in [2.75, 3.05) is 50.1 Å². The first-order chi connectivity index (χ1) is 49.9. The number of nitrogens with two attached hydrogens (primary N) is 4. The highest BCUT2D eigenvalue weighted by atomic mass is 32.2. The molecule has 1 rings (SSSR count). The van der Waals surface area contributed by atoms with Crippen molar-refractivity contribution in [2.24, 2.45) is 39.8 Å². The Kier molecular flexibility index (Phi) is 47.0. The van der Waals surface area contributed by atoms with E-state index in [9.17, 15) is 103 Å². The van der Waals surface area contributed by atoms with E-state index >= 15 is 0 Å². The van der Waals surface area contributed by atoms with Crippen molar-refractivity contribution in [1.82, 2.24) is 58.1 Å². The number of likely N-dealkylation sites (tertiary alicyclic amines) is 1. The lowest BCUT2D eigenvalue weighted by molar-refractivity contribution is -0.145. The molecule has 38 nitrogen and oxygen atoms in total. The van der Waals surface area contributed by atoms with E-state index < -0.39 is 211 Å². The summed E-state index contributed by atoms with van der Waals surface area (Å²) in [6.45, 7) is 9.67. The van der Waals surface area contributed by atoms with Gasteiger partial charge >= 0.3 is 23.9 Å². The molecule has 604 valence electrons. The second kappa shape index (κ2) is 51.9. The molecular formula is C66H116N16O22S2. The number of aliphatic hydroxyl groups is 3. The zero-order chi connectivity index (χ0) is 80.3. The van der Waals surface area contributed by atoms with Crippen LogP contribution in [0.2, 0.25) is 0 Å². The number of ether oxygens (including phenoxy) is 1. The molecule has 1 aliphatic rings. The van der Waals surface area contributed by atoms with Gasteiger partial charge in [-0.25, -0.2) is 4.79 Å². The van der Waals surface area contributed by atoms with Crippen LogP contribution in [0.1, 0.15) is 170 Å². The first-order valence-electron chi connectivity index (χ1n) is 35.8. The molecule has 24 N–H and O–H groups in total. The minimum Gasteiger partial charge on any atom is -0.481 e. The summed E-state index contributed by atoms with van der Waals surface area (Å²) in [5.41, 5.74) is 22.6. The Morgan fingerprint density at radius 2 is 1.08 bits per heavy atom. The molecule has 106 heavy (non-hydrogen) atoms. The number of rotatable bonds is 55. The van der Waals surface area contributed by atoms with Crippen LogP contribution in [-0.2, 0) is 76.7 Å². The molecule has 1 aliphatic heterocycles. The number of aliphatic imine (C=N–C) groups is 1. The Morgan fingerprint density at radius 1 is 0.566 bits per heavy atom. The summed E-state index contributed by atoms with van der Waals surface area (Å²) < 4.78 is 5.41. The number of amides is 11. The molecule has 0 aromatic carbocycles. The number of thiol groups is 1. The maximum absolute atomic E-state index is 14.7. The molecule has 0 saturated carbocycles. The number of carboxylic acid groups (broad SMARTS) is 3. The molecule has 0 unspecified atom stereocenters. The number of carbonyl (C=O) groups is 15. The van der Waals surface area contributed by atoms with Crippen molar-refractivity contribution in [3.63, 3.8) is 0 Å². The highest BCUT2D eigenvalue weighted by molar-refractivity contribution is 7.99. The standard InChI is InChI=1S/C66H116N16O22S2/c1-8-9-10-11-12-13-14-22-50(90)104-28-29-106-34-46(79-59(96)45(33-105)78-57(94)43(31-49(88)89)76-62(99)51(68)36(4)5)60(97)75-42(30-35(2)3)56(93)77-44(32-83)58(95)74-41(20-17-26-71-66(69)70)64(101)82-27-18-21-47(82)61(98)80-52(37(6)84)63(100)73-40(23-24-48(86)87)54(91)72-39(19-15-16-25-67)55(92)81-53(38(7)85)65(102)103/h35-47,51-53,83-85,105H,8-34,67-68H2,1-7H3,(H,72,91)(H,73,100)(H,74,95)(H,75,97)(H,76,99)(H,77,93)(H,78,94)(H,79,96)(H,80,98)(H,81,92)(H,86,87)(H,88,89)(H,102,103)(H4,69,70,71)/t37-,38-,39+,40+,41+,42+,43+,44+,45+,46+,47+,51+,52+,53+/m1/s1. The Bertz CT molecular complexity index is 2910. The van der Waals surface area contributed by atoms with E-state index in [0.717, 1.165) is 69.0 Å². The van der Waals surface area contributed by atoms with Gasteiger partial charge in [-0.05, 0) is 96.4 Å². The van der Waals surface area contributed by atoms with Crippen molar-refractivity contribution >= 4 is 119 Å². The van der Waals surface area contributed by atoms with Gasteiger partial charge in [-0.1, -0.05) is 73.1 Å². The van der Waals surface area contributed by atoms with E-state index in [1.807, 2.05) is 0 Å². The van der Waals surface area contributed by atoms with Crippen LogP contribution in [-0.4, -0.2) is 265 Å². The van der Waals surface area contributed by atoms with Crippen LogP contribution in [0.5, 0.6) is 0 Å². The number of carbonyl (C=O) groups excluding carboxylic acids is 12. The maximum atomic E-state index is 14.7. The topological polar surface area (TPSA) is 627 Å². The summed E-state index contributed by atoms with van der Waals surface area (Å²) in [6, 6.07) is -19.3. The molecule has 0 aromatic heterocycles. The summed E-state index contributed by atoms with van der Waals surface area (Å²) in [5.74, 6) is -18.1. The average molecular weight is 1550 g/mol. The largest absolute Gasteiger partial charge is 0.481 e. The van der Waals surface area contributed by atoms with Gasteiger partial charge in [0.05, 0.1) is 31.3 Å². The molecule has 11 amide bonds. The summed E-state index contributed by atoms with van der Waals surface area (Å²) in [5, 5.41) is 84.1. The van der Waals surface area contributed by atoms with Gasteiger partial charge < -0.3 is 116 Å². The monoisotopic (exact) mass is 1550 g/mol. The SMILES string of the molecule is CCCCCCCCCC(=O)OCCSC[C@H](NC(=O)[C@H](CS)NC(=O)[C@H](CC(=O)O)NC(=O)[C@@H](N)C(C)C)C(=O)N[C@@H](CC(C)C)C(=O)N[C@@H](CO)C(=O)N[C@@H](CCCN=C(N)N)C(=O)N1CCC[C@H]1C(=O)N[C@H](C(=O)N[C@@H](CCC(=O)O)C(=O)N[C@@H](CCCCN)C(=O)N[C@H](C(=O)O)[C@@H](C)O)[C@@H](C)O. The normalized spacial score (nSPS) is 16.4. The number of aliphatic hydroxyl groups excluding tert-OH is 3. The molecule has 0 aliphatic carbocycles. The zero-order valence-corrected chi connectivity index (χ0v) is 63.3. The molecule has 0 aromatic rings. The van der Waals surface area contributed by atoms with Crippen molar-refractivity contribution in [1.29, 1.82) is 0 Å². The zero-order valence-electron chi connectivity index (χ0n) is 61.6. The van der Waals surface area contributed by atoms with Crippen LogP contribution in [0.4, 0.5) is 0 Å². The molecule has 14 atom stereocenters. The van der Waals surface area contributed by atoms with Gasteiger partial charge in [-0.15, -0.1) is 0 Å². The molecule has 0 bridgehead atoms. The Labute approximate surface area is 627 Å². The van der Waals surface area contributed by atoms with Crippen LogP contribution in [0.3, 0.4) is 0 Å². The summed E-state index contributed by atoms with van der Waals surface area (Å²) in [4.78, 5) is 207. The number of hydrogen-bond donors (Lipinski definition) is 21. The smallest absolute Gasteiger partial charge is 0.328 e. The average Bonchev–Trinajstić information content (AvgIpc) is 1.62. The second-order valence-electron chi connectivity index (χ2n) is 26.7. The molecule has 0 spiro atoms. The number of nitrogens with zero attached hydrogens (tertiary/aromatic N) is 2. The minimum absolute atomic E-state index is 0.00129. The third-order valence-corrected chi connectivity index (χ3v) is 18.2. The van der Waals surface area contributed by atoms with Gasteiger partial charge in [0.15, 0.2) is 12.0 Å². The predicted octanol–water partition coefficient (Wildman–Crippen LogP) is -4.44. The van der Waals surface area contributed by atoms with Crippen LogP contribution < -0.4 is 76.1 Å². The van der Waals surface area contributed by atoms with Crippen molar-refractivity contribution < 1.29 is 107 Å². The van der Waals surface area contributed by atoms with Gasteiger partial charge in [0.25, 0.3) is 0 Å². The number of esters is 1. The third kappa shape index (κ3) is 37.4. The lowest BCUT2D eigenvalue weighted by atomic mass is 10.0. The van der Waals surface area contributed by atoms with Crippen molar-refractivity contribution in [3.05, 3.63) is 0 Å². The number of hydrogen-bond acceptors (Lipinski definition) is 24. The van der Waals surface area contributed by atoms with Gasteiger partial charge in [-0.2, -0.15) is 24.4 Å². The van der Waals surface area contributed by atoms with Gasteiger partial charge in [0, 0.05) is 43.2 Å². The molecule has 0 radical (unpaired) electrons. The first kappa shape index (κ1) is 95.8. The van der Waals surface area contributed by atoms with Gasteiger partial charge in [-0.3, -0.25) is 72.1 Å².